The summed E-state index contributed by atoms with van der Waals surface area (Å²) in [7, 11) is 0. The first-order valence-corrected chi connectivity index (χ1v) is 6.06. The molecule has 0 bridgehead atoms. The Morgan fingerprint density at radius 2 is 2.11 bits per heavy atom. The first-order valence-electron chi connectivity index (χ1n) is 6.06. The Balaban J connectivity index is 3.22. The Morgan fingerprint density at radius 3 is 2.58 bits per heavy atom. The van der Waals surface area contributed by atoms with Gasteiger partial charge in [0.2, 0.25) is 0 Å². The van der Waals surface area contributed by atoms with E-state index in [1.54, 1.807) is 24.0 Å². The number of aryl methyl sites for hydroxylation is 1. The van der Waals surface area contributed by atoms with Gasteiger partial charge in [-0.25, -0.2) is 0 Å². The molecule has 5 nitrogen and oxygen atoms in total. The first kappa shape index (κ1) is 14.9. The largest absolute Gasteiger partial charge is 0.335 e. The molecule has 0 aliphatic carbocycles. The predicted octanol–water partition coefficient (Wildman–Crippen LogP) is 2.94. The third kappa shape index (κ3) is 3.40. The Bertz CT molecular complexity index is 523. The maximum absolute atomic E-state index is 12.4. The Hall–Kier alpha value is -2.17. The minimum absolute atomic E-state index is 0.118. The second kappa shape index (κ2) is 6.13. The quantitative estimate of drug-likeness (QED) is 0.465. The lowest BCUT2D eigenvalue weighted by Gasteiger charge is -2.21. The molecule has 0 radical (unpaired) electrons. The van der Waals surface area contributed by atoms with Crippen LogP contribution in [0.25, 0.3) is 0 Å². The molecule has 0 saturated carbocycles. The SMILES string of the molecule is C=C(C)CN(CC)C(=O)c1cccc(C)c1[N+](=O)[O-]. The highest BCUT2D eigenvalue weighted by Crippen LogP contribution is 2.24. The van der Waals surface area contributed by atoms with Gasteiger partial charge in [-0.05, 0) is 26.8 Å². The molecule has 0 unspecified atom stereocenters. The van der Waals surface area contributed by atoms with Gasteiger partial charge in [-0.2, -0.15) is 0 Å². The minimum atomic E-state index is -0.503. The summed E-state index contributed by atoms with van der Waals surface area (Å²) < 4.78 is 0. The van der Waals surface area contributed by atoms with E-state index in [-0.39, 0.29) is 17.2 Å². The van der Waals surface area contributed by atoms with Crippen molar-refractivity contribution in [2.45, 2.75) is 20.8 Å². The van der Waals surface area contributed by atoms with Crippen LogP contribution in [0.2, 0.25) is 0 Å². The van der Waals surface area contributed by atoms with Gasteiger partial charge in [-0.3, -0.25) is 14.9 Å². The highest BCUT2D eigenvalue weighted by atomic mass is 16.6. The third-order valence-corrected chi connectivity index (χ3v) is 2.78. The number of likely N-dealkylation sites (N-methyl/N-ethyl adjacent to an activating group) is 1. The summed E-state index contributed by atoms with van der Waals surface area (Å²) in [5, 5.41) is 11.1. The number of hydrogen-bond acceptors (Lipinski definition) is 3. The van der Waals surface area contributed by atoms with Crippen molar-refractivity contribution in [3.05, 3.63) is 51.6 Å². The second-order valence-electron chi connectivity index (χ2n) is 4.50. The summed E-state index contributed by atoms with van der Waals surface area (Å²) in [5.41, 5.74) is 1.34. The molecule has 0 fully saturated rings. The van der Waals surface area contributed by atoms with E-state index >= 15 is 0 Å². The number of rotatable bonds is 5. The Labute approximate surface area is 112 Å². The van der Waals surface area contributed by atoms with Crippen molar-refractivity contribution in [3.63, 3.8) is 0 Å². The van der Waals surface area contributed by atoms with Crippen LogP contribution < -0.4 is 0 Å². The van der Waals surface area contributed by atoms with Crippen molar-refractivity contribution < 1.29 is 9.72 Å². The summed E-state index contributed by atoms with van der Waals surface area (Å²) in [4.78, 5) is 24.5. The third-order valence-electron chi connectivity index (χ3n) is 2.78. The van der Waals surface area contributed by atoms with Crippen LogP contribution in [0, 0.1) is 17.0 Å². The summed E-state index contributed by atoms with van der Waals surface area (Å²) in [6, 6.07) is 4.78. The topological polar surface area (TPSA) is 63.5 Å². The van der Waals surface area contributed by atoms with Crippen LogP contribution in [0.3, 0.4) is 0 Å². The van der Waals surface area contributed by atoms with Crippen LogP contribution in [0.1, 0.15) is 29.8 Å². The number of nitrogens with zero attached hydrogens (tertiary/aromatic N) is 2. The van der Waals surface area contributed by atoms with Gasteiger partial charge in [-0.1, -0.05) is 24.3 Å². The van der Waals surface area contributed by atoms with E-state index in [9.17, 15) is 14.9 Å². The minimum Gasteiger partial charge on any atom is -0.335 e. The van der Waals surface area contributed by atoms with E-state index in [0.717, 1.165) is 5.57 Å². The standard InChI is InChI=1S/C14H18N2O3/c1-5-15(9-10(2)3)14(17)12-8-6-7-11(4)13(12)16(18)19/h6-8H,2,5,9H2,1,3-4H3. The van der Waals surface area contributed by atoms with Crippen molar-refractivity contribution in [1.82, 2.24) is 4.90 Å². The highest BCUT2D eigenvalue weighted by Gasteiger charge is 2.25. The Morgan fingerprint density at radius 1 is 1.47 bits per heavy atom. The normalized spacial score (nSPS) is 10.1. The molecule has 0 spiro atoms. The molecule has 5 heteroatoms. The summed E-state index contributed by atoms with van der Waals surface area (Å²) in [5.74, 6) is -0.332. The fourth-order valence-electron chi connectivity index (χ4n) is 1.90. The molecule has 1 rings (SSSR count). The predicted molar refractivity (Wildman–Crippen MR) is 74.2 cm³/mol. The maximum atomic E-state index is 12.4. The van der Waals surface area contributed by atoms with Crippen molar-refractivity contribution in [3.8, 4) is 0 Å². The summed E-state index contributed by atoms with van der Waals surface area (Å²) >= 11 is 0. The number of carbonyl (C=O) groups is 1. The number of benzene rings is 1. The number of amides is 1. The van der Waals surface area contributed by atoms with Gasteiger partial charge in [0, 0.05) is 18.7 Å². The zero-order valence-corrected chi connectivity index (χ0v) is 11.5. The van der Waals surface area contributed by atoms with Crippen molar-refractivity contribution >= 4 is 11.6 Å². The molecular formula is C14H18N2O3. The fourth-order valence-corrected chi connectivity index (χ4v) is 1.90. The molecule has 0 aromatic heterocycles. The first-order chi connectivity index (χ1) is 8.88. The monoisotopic (exact) mass is 262 g/mol. The van der Waals surface area contributed by atoms with Gasteiger partial charge in [0.05, 0.1) is 4.92 Å². The molecule has 0 atom stereocenters. The molecule has 0 aliphatic heterocycles. The number of nitro benzene ring substituents is 1. The maximum Gasteiger partial charge on any atom is 0.285 e. The van der Waals surface area contributed by atoms with Gasteiger partial charge in [0.25, 0.3) is 11.6 Å². The van der Waals surface area contributed by atoms with E-state index in [4.69, 9.17) is 0 Å². The van der Waals surface area contributed by atoms with E-state index in [1.807, 2.05) is 13.8 Å². The molecule has 1 aromatic carbocycles. The Kier molecular flexibility index (Phi) is 4.80. The molecule has 0 heterocycles. The molecule has 102 valence electrons. The van der Waals surface area contributed by atoms with Crippen LogP contribution in [0.15, 0.2) is 30.4 Å². The molecule has 1 aromatic rings. The molecule has 0 N–H and O–H groups in total. The van der Waals surface area contributed by atoms with E-state index in [1.165, 1.54) is 6.07 Å². The lowest BCUT2D eigenvalue weighted by Crippen LogP contribution is -2.32. The summed E-state index contributed by atoms with van der Waals surface area (Å²) in [6.45, 7) is 9.94. The number of hydrogen-bond donors (Lipinski definition) is 0. The number of nitro groups is 1. The van der Waals surface area contributed by atoms with E-state index < -0.39 is 4.92 Å². The zero-order valence-electron chi connectivity index (χ0n) is 11.5. The zero-order chi connectivity index (χ0) is 14.6. The van der Waals surface area contributed by atoms with Crippen LogP contribution in [-0.2, 0) is 0 Å². The summed E-state index contributed by atoms with van der Waals surface area (Å²) in [6.07, 6.45) is 0. The van der Waals surface area contributed by atoms with Crippen LogP contribution >= 0.6 is 0 Å². The number of carbonyl (C=O) groups excluding carboxylic acids is 1. The van der Waals surface area contributed by atoms with Gasteiger partial charge < -0.3 is 4.90 Å². The van der Waals surface area contributed by atoms with Gasteiger partial charge in [0.15, 0.2) is 0 Å². The highest BCUT2D eigenvalue weighted by molar-refractivity contribution is 5.98. The average Bonchev–Trinajstić information content (AvgIpc) is 2.34. The second-order valence-corrected chi connectivity index (χ2v) is 4.50. The number of para-hydroxylation sites is 1. The van der Waals surface area contributed by atoms with Crippen LogP contribution in [0.5, 0.6) is 0 Å². The van der Waals surface area contributed by atoms with E-state index in [2.05, 4.69) is 6.58 Å². The van der Waals surface area contributed by atoms with Crippen molar-refractivity contribution in [2.75, 3.05) is 13.1 Å². The van der Waals surface area contributed by atoms with Gasteiger partial charge in [0.1, 0.15) is 5.56 Å². The average molecular weight is 262 g/mol. The van der Waals surface area contributed by atoms with Crippen molar-refractivity contribution in [2.24, 2.45) is 0 Å². The lowest BCUT2D eigenvalue weighted by molar-refractivity contribution is -0.385. The van der Waals surface area contributed by atoms with Crippen LogP contribution in [-0.4, -0.2) is 28.8 Å². The van der Waals surface area contributed by atoms with E-state index in [0.29, 0.717) is 18.7 Å². The molecular weight excluding hydrogens is 244 g/mol. The molecule has 1 amide bonds. The van der Waals surface area contributed by atoms with Crippen LogP contribution in [0.4, 0.5) is 5.69 Å². The fraction of sp³-hybridized carbons (Fsp3) is 0.357. The lowest BCUT2D eigenvalue weighted by atomic mass is 10.1. The molecule has 0 saturated heterocycles. The molecule has 0 aliphatic rings. The van der Waals surface area contributed by atoms with Gasteiger partial charge in [-0.15, -0.1) is 0 Å². The van der Waals surface area contributed by atoms with Crippen molar-refractivity contribution in [1.29, 1.82) is 0 Å². The smallest absolute Gasteiger partial charge is 0.285 e. The van der Waals surface area contributed by atoms with Gasteiger partial charge >= 0.3 is 0 Å². The molecule has 19 heavy (non-hydrogen) atoms.